The first-order chi connectivity index (χ1) is 9.17. The fraction of sp³-hybridized carbons (Fsp3) is 0.294. The van der Waals surface area contributed by atoms with Crippen molar-refractivity contribution in [1.29, 1.82) is 0 Å². The monoisotopic (exact) mass is 255 g/mol. The topological polar surface area (TPSA) is 32.3 Å². The molecule has 0 spiro atoms. The highest BCUT2D eigenvalue weighted by atomic mass is 16.3. The molecular weight excluding hydrogens is 234 g/mol. The molecule has 0 aliphatic carbocycles. The number of aromatic hydroxyl groups is 1. The van der Waals surface area contributed by atoms with Crippen molar-refractivity contribution in [3.05, 3.63) is 59.7 Å². The van der Waals surface area contributed by atoms with Gasteiger partial charge in [0.15, 0.2) is 0 Å². The van der Waals surface area contributed by atoms with Crippen LogP contribution in [0, 0.1) is 0 Å². The van der Waals surface area contributed by atoms with Gasteiger partial charge in [0.05, 0.1) is 0 Å². The van der Waals surface area contributed by atoms with Gasteiger partial charge in [0.25, 0.3) is 0 Å². The minimum atomic E-state index is 0.319. The Morgan fingerprint density at radius 1 is 0.947 bits per heavy atom. The van der Waals surface area contributed by atoms with Gasteiger partial charge in [-0.25, -0.2) is 0 Å². The number of nitrogens with one attached hydrogen (secondary N) is 1. The van der Waals surface area contributed by atoms with E-state index in [0.717, 1.165) is 18.5 Å². The van der Waals surface area contributed by atoms with E-state index in [4.69, 9.17) is 0 Å². The first-order valence-electron chi connectivity index (χ1n) is 6.80. The van der Waals surface area contributed by atoms with Gasteiger partial charge in [-0.1, -0.05) is 31.2 Å². The third kappa shape index (κ3) is 4.02. The lowest BCUT2D eigenvalue weighted by molar-refractivity contribution is 0.475. The van der Waals surface area contributed by atoms with Crippen molar-refractivity contribution >= 4 is 5.69 Å². The summed E-state index contributed by atoms with van der Waals surface area (Å²) < 4.78 is 0. The van der Waals surface area contributed by atoms with Crippen molar-refractivity contribution in [2.45, 2.75) is 32.7 Å². The number of benzene rings is 2. The number of rotatable bonds is 5. The predicted molar refractivity (Wildman–Crippen MR) is 80.7 cm³/mol. The highest BCUT2D eigenvalue weighted by molar-refractivity contribution is 5.45. The van der Waals surface area contributed by atoms with Crippen molar-refractivity contribution in [2.24, 2.45) is 0 Å². The molecule has 2 nitrogen and oxygen atoms in total. The molecule has 2 rings (SSSR count). The van der Waals surface area contributed by atoms with Crippen molar-refractivity contribution in [2.75, 3.05) is 5.32 Å². The molecule has 19 heavy (non-hydrogen) atoms. The SMILES string of the molecule is CCc1ccc(NC(C)Cc2ccc(O)cc2)cc1. The third-order valence-electron chi connectivity index (χ3n) is 3.25. The largest absolute Gasteiger partial charge is 0.508 e. The minimum absolute atomic E-state index is 0.319. The van der Waals surface area contributed by atoms with Crippen molar-refractivity contribution in [1.82, 2.24) is 0 Å². The molecule has 1 atom stereocenters. The Balaban J connectivity index is 1.92. The van der Waals surface area contributed by atoms with Crippen LogP contribution >= 0.6 is 0 Å². The van der Waals surface area contributed by atoms with Crippen molar-refractivity contribution < 1.29 is 5.11 Å². The van der Waals surface area contributed by atoms with Crippen LogP contribution in [-0.2, 0) is 12.8 Å². The Labute approximate surface area is 115 Å². The van der Waals surface area contributed by atoms with E-state index in [1.165, 1.54) is 11.1 Å². The zero-order chi connectivity index (χ0) is 13.7. The van der Waals surface area contributed by atoms with Crippen LogP contribution in [-0.4, -0.2) is 11.1 Å². The third-order valence-corrected chi connectivity index (χ3v) is 3.25. The molecule has 0 fully saturated rings. The number of aryl methyl sites for hydroxylation is 1. The maximum atomic E-state index is 9.26. The van der Waals surface area contributed by atoms with Gasteiger partial charge in [0, 0.05) is 11.7 Å². The van der Waals surface area contributed by atoms with Gasteiger partial charge in [-0.2, -0.15) is 0 Å². The van der Waals surface area contributed by atoms with Gasteiger partial charge in [0.2, 0.25) is 0 Å². The van der Waals surface area contributed by atoms with Gasteiger partial charge >= 0.3 is 0 Å². The lowest BCUT2D eigenvalue weighted by Crippen LogP contribution is -2.17. The van der Waals surface area contributed by atoms with Crippen LogP contribution in [0.25, 0.3) is 0 Å². The smallest absolute Gasteiger partial charge is 0.115 e. The van der Waals surface area contributed by atoms with E-state index in [9.17, 15) is 5.11 Å². The number of anilines is 1. The molecular formula is C17H21NO. The molecule has 0 amide bonds. The van der Waals surface area contributed by atoms with E-state index >= 15 is 0 Å². The fourth-order valence-corrected chi connectivity index (χ4v) is 2.16. The zero-order valence-electron chi connectivity index (χ0n) is 11.6. The Hall–Kier alpha value is -1.96. The number of phenols is 1. The summed E-state index contributed by atoms with van der Waals surface area (Å²) in [5, 5.41) is 12.8. The van der Waals surface area contributed by atoms with Crippen LogP contribution in [0.3, 0.4) is 0 Å². The van der Waals surface area contributed by atoms with Crippen LogP contribution in [0.1, 0.15) is 25.0 Å². The van der Waals surface area contributed by atoms with Gasteiger partial charge < -0.3 is 10.4 Å². The van der Waals surface area contributed by atoms with Crippen LogP contribution in [0.5, 0.6) is 5.75 Å². The first kappa shape index (κ1) is 13.5. The van der Waals surface area contributed by atoms with E-state index in [2.05, 4.69) is 43.4 Å². The Kier molecular flexibility index (Phi) is 4.45. The molecule has 0 radical (unpaired) electrons. The Morgan fingerprint density at radius 3 is 2.11 bits per heavy atom. The van der Waals surface area contributed by atoms with E-state index in [1.54, 1.807) is 12.1 Å². The van der Waals surface area contributed by atoms with Gasteiger partial charge in [-0.3, -0.25) is 0 Å². The lowest BCUT2D eigenvalue weighted by atomic mass is 10.1. The number of hydrogen-bond acceptors (Lipinski definition) is 2. The molecule has 2 N–H and O–H groups in total. The van der Waals surface area contributed by atoms with E-state index < -0.39 is 0 Å². The summed E-state index contributed by atoms with van der Waals surface area (Å²) in [6.45, 7) is 4.33. The molecule has 2 aromatic carbocycles. The normalized spacial score (nSPS) is 12.1. The molecule has 0 aromatic heterocycles. The molecule has 0 aliphatic rings. The summed E-state index contributed by atoms with van der Waals surface area (Å²) in [7, 11) is 0. The van der Waals surface area contributed by atoms with Gasteiger partial charge in [-0.15, -0.1) is 0 Å². The molecule has 1 unspecified atom stereocenters. The minimum Gasteiger partial charge on any atom is -0.508 e. The summed E-state index contributed by atoms with van der Waals surface area (Å²) in [4.78, 5) is 0. The molecule has 100 valence electrons. The molecule has 2 aromatic rings. The molecule has 0 heterocycles. The Morgan fingerprint density at radius 2 is 1.53 bits per heavy atom. The molecule has 0 aliphatic heterocycles. The van der Waals surface area contributed by atoms with Crippen molar-refractivity contribution in [3.8, 4) is 5.75 Å². The predicted octanol–water partition coefficient (Wildman–Crippen LogP) is 4.00. The second-order valence-corrected chi connectivity index (χ2v) is 4.97. The van der Waals surface area contributed by atoms with Crippen molar-refractivity contribution in [3.63, 3.8) is 0 Å². The van der Waals surface area contributed by atoms with Crippen LogP contribution < -0.4 is 5.32 Å². The number of hydrogen-bond donors (Lipinski definition) is 2. The van der Waals surface area contributed by atoms with Gasteiger partial charge in [0.1, 0.15) is 5.75 Å². The van der Waals surface area contributed by atoms with Crippen LogP contribution in [0.15, 0.2) is 48.5 Å². The van der Waals surface area contributed by atoms with E-state index in [1.807, 2.05) is 12.1 Å². The van der Waals surface area contributed by atoms with Crippen LogP contribution in [0.4, 0.5) is 5.69 Å². The Bertz CT molecular complexity index is 502. The average Bonchev–Trinajstić information content (AvgIpc) is 2.42. The van der Waals surface area contributed by atoms with Crippen LogP contribution in [0.2, 0.25) is 0 Å². The molecule has 0 bridgehead atoms. The highest BCUT2D eigenvalue weighted by Gasteiger charge is 2.03. The maximum Gasteiger partial charge on any atom is 0.115 e. The summed E-state index contributed by atoms with van der Waals surface area (Å²) in [5.74, 6) is 0.319. The molecule has 0 saturated heterocycles. The quantitative estimate of drug-likeness (QED) is 0.846. The van der Waals surface area contributed by atoms with Gasteiger partial charge in [-0.05, 0) is 55.2 Å². The summed E-state index contributed by atoms with van der Waals surface area (Å²) in [5.41, 5.74) is 3.74. The lowest BCUT2D eigenvalue weighted by Gasteiger charge is -2.15. The summed E-state index contributed by atoms with van der Waals surface area (Å²) >= 11 is 0. The highest BCUT2D eigenvalue weighted by Crippen LogP contribution is 2.15. The molecule has 0 saturated carbocycles. The summed E-state index contributed by atoms with van der Waals surface area (Å²) in [6.07, 6.45) is 2.01. The second-order valence-electron chi connectivity index (χ2n) is 4.97. The average molecular weight is 255 g/mol. The fourth-order valence-electron chi connectivity index (χ4n) is 2.16. The second kappa shape index (κ2) is 6.28. The van der Waals surface area contributed by atoms with E-state index in [-0.39, 0.29) is 0 Å². The summed E-state index contributed by atoms with van der Waals surface area (Å²) in [6, 6.07) is 16.3. The zero-order valence-corrected chi connectivity index (χ0v) is 11.6. The maximum absolute atomic E-state index is 9.26. The number of phenolic OH excluding ortho intramolecular Hbond substituents is 1. The molecule has 2 heteroatoms. The van der Waals surface area contributed by atoms with E-state index in [0.29, 0.717) is 11.8 Å². The standard InChI is InChI=1S/C17H21NO/c1-3-14-4-8-16(9-5-14)18-13(2)12-15-6-10-17(19)11-7-15/h4-11,13,18-19H,3,12H2,1-2H3. The first-order valence-corrected chi connectivity index (χ1v) is 6.80.